The highest BCUT2D eigenvalue weighted by Crippen LogP contribution is 2.11. The molecule has 2 atom stereocenters. The van der Waals surface area contributed by atoms with Crippen LogP contribution in [0.15, 0.2) is 0 Å². The Morgan fingerprint density at radius 2 is 1.70 bits per heavy atom. The van der Waals surface area contributed by atoms with Gasteiger partial charge in [0.25, 0.3) is 0 Å². The number of rotatable bonds is 6. The quantitative estimate of drug-likeness (QED) is 0.411. The summed E-state index contributed by atoms with van der Waals surface area (Å²) < 4.78 is 0. The molecule has 0 N–H and O–H groups in total. The first kappa shape index (κ1) is 10.4. The van der Waals surface area contributed by atoms with E-state index in [1.807, 2.05) is 0 Å². The van der Waals surface area contributed by atoms with Gasteiger partial charge in [0, 0.05) is 0 Å². The van der Waals surface area contributed by atoms with Crippen molar-refractivity contribution in [1.29, 1.82) is 0 Å². The molecule has 0 radical (unpaired) electrons. The molecule has 0 aliphatic rings. The SMILES string of the molecule is CCCCCCCC(C)P. The molecular formula is C9H21P. The van der Waals surface area contributed by atoms with Crippen LogP contribution in [0.3, 0.4) is 0 Å². The first-order valence-electron chi connectivity index (χ1n) is 4.53. The van der Waals surface area contributed by atoms with E-state index in [-0.39, 0.29) is 0 Å². The van der Waals surface area contributed by atoms with Gasteiger partial charge in [0.1, 0.15) is 0 Å². The van der Waals surface area contributed by atoms with Crippen molar-refractivity contribution < 1.29 is 0 Å². The van der Waals surface area contributed by atoms with E-state index >= 15 is 0 Å². The molecule has 0 rings (SSSR count). The Balaban J connectivity index is 2.77. The zero-order valence-electron chi connectivity index (χ0n) is 7.40. The van der Waals surface area contributed by atoms with Crippen LogP contribution in [0, 0.1) is 0 Å². The molecule has 0 fully saturated rings. The second-order valence-corrected chi connectivity index (χ2v) is 4.32. The maximum atomic E-state index is 2.86. The molecule has 0 aromatic heterocycles. The lowest BCUT2D eigenvalue weighted by Crippen LogP contribution is -1.88. The van der Waals surface area contributed by atoms with Gasteiger partial charge in [-0.05, 0) is 12.1 Å². The monoisotopic (exact) mass is 160 g/mol. The predicted molar refractivity (Wildman–Crippen MR) is 52.5 cm³/mol. The zero-order chi connectivity index (χ0) is 7.82. The van der Waals surface area contributed by atoms with Gasteiger partial charge in [-0.15, -0.1) is 9.24 Å². The summed E-state index contributed by atoms with van der Waals surface area (Å²) in [5, 5.41) is 0. The van der Waals surface area contributed by atoms with Gasteiger partial charge >= 0.3 is 0 Å². The molecule has 2 unspecified atom stereocenters. The van der Waals surface area contributed by atoms with E-state index in [0.29, 0.717) is 0 Å². The fraction of sp³-hybridized carbons (Fsp3) is 1.00. The van der Waals surface area contributed by atoms with Crippen molar-refractivity contribution in [2.75, 3.05) is 0 Å². The van der Waals surface area contributed by atoms with Crippen LogP contribution in [0.5, 0.6) is 0 Å². The third kappa shape index (κ3) is 8.43. The summed E-state index contributed by atoms with van der Waals surface area (Å²) in [6.07, 6.45) is 8.46. The zero-order valence-corrected chi connectivity index (χ0v) is 8.55. The molecule has 0 aromatic carbocycles. The standard InChI is InChI=1S/C9H21P/c1-3-4-5-6-7-8-9(2)10/h9H,3-8,10H2,1-2H3. The molecule has 10 heavy (non-hydrogen) atoms. The fourth-order valence-corrected chi connectivity index (χ4v) is 1.31. The lowest BCUT2D eigenvalue weighted by Gasteiger charge is -2.02. The number of unbranched alkanes of at least 4 members (excludes halogenated alkanes) is 4. The second-order valence-electron chi connectivity index (χ2n) is 3.18. The first-order chi connectivity index (χ1) is 4.77. The van der Waals surface area contributed by atoms with Crippen molar-refractivity contribution in [3.8, 4) is 0 Å². The second kappa shape index (κ2) is 7.54. The van der Waals surface area contributed by atoms with Crippen molar-refractivity contribution in [3.05, 3.63) is 0 Å². The highest BCUT2D eigenvalue weighted by Gasteiger charge is 1.92. The van der Waals surface area contributed by atoms with Gasteiger partial charge < -0.3 is 0 Å². The predicted octanol–water partition coefficient (Wildman–Crippen LogP) is 3.61. The van der Waals surface area contributed by atoms with Crippen molar-refractivity contribution in [1.82, 2.24) is 0 Å². The molecule has 0 amide bonds. The lowest BCUT2D eigenvalue weighted by molar-refractivity contribution is 0.606. The minimum atomic E-state index is 0.821. The molecule has 0 bridgehead atoms. The van der Waals surface area contributed by atoms with Gasteiger partial charge in [-0.2, -0.15) is 0 Å². The van der Waals surface area contributed by atoms with E-state index < -0.39 is 0 Å². The Hall–Kier alpha value is 0.430. The number of hydrogen-bond acceptors (Lipinski definition) is 0. The summed E-state index contributed by atoms with van der Waals surface area (Å²) in [6, 6.07) is 0. The van der Waals surface area contributed by atoms with Gasteiger partial charge in [0.15, 0.2) is 0 Å². The molecule has 0 spiro atoms. The maximum Gasteiger partial charge on any atom is -0.0293 e. The van der Waals surface area contributed by atoms with E-state index in [4.69, 9.17) is 0 Å². The normalized spacial score (nSPS) is 13.5. The summed E-state index contributed by atoms with van der Waals surface area (Å²) in [5.41, 5.74) is 0.821. The molecule has 0 aliphatic carbocycles. The van der Waals surface area contributed by atoms with Gasteiger partial charge in [-0.3, -0.25) is 0 Å². The smallest absolute Gasteiger partial charge is 0.0293 e. The molecular weight excluding hydrogens is 139 g/mol. The Bertz CT molecular complexity index is 59.7. The maximum absolute atomic E-state index is 2.86. The Kier molecular flexibility index (Phi) is 7.86. The van der Waals surface area contributed by atoms with E-state index in [1.54, 1.807) is 0 Å². The van der Waals surface area contributed by atoms with Crippen LogP contribution in [-0.2, 0) is 0 Å². The van der Waals surface area contributed by atoms with Crippen LogP contribution < -0.4 is 0 Å². The summed E-state index contributed by atoms with van der Waals surface area (Å²) in [4.78, 5) is 0. The topological polar surface area (TPSA) is 0 Å². The van der Waals surface area contributed by atoms with Gasteiger partial charge in [-0.25, -0.2) is 0 Å². The summed E-state index contributed by atoms with van der Waals surface area (Å²) in [6.45, 7) is 4.53. The van der Waals surface area contributed by atoms with Gasteiger partial charge in [-0.1, -0.05) is 46.0 Å². The van der Waals surface area contributed by atoms with Crippen LogP contribution in [0.2, 0.25) is 0 Å². The van der Waals surface area contributed by atoms with Crippen LogP contribution in [0.1, 0.15) is 52.4 Å². The molecule has 0 nitrogen and oxygen atoms in total. The van der Waals surface area contributed by atoms with Crippen LogP contribution >= 0.6 is 9.24 Å². The molecule has 0 aromatic rings. The minimum absolute atomic E-state index is 0.821. The largest absolute Gasteiger partial charge is 0.135 e. The first-order valence-corrected chi connectivity index (χ1v) is 5.19. The highest BCUT2D eigenvalue weighted by atomic mass is 31.0. The van der Waals surface area contributed by atoms with Crippen LogP contribution in [-0.4, -0.2) is 5.66 Å². The third-order valence-electron chi connectivity index (χ3n) is 1.76. The molecule has 0 saturated heterocycles. The molecule has 62 valence electrons. The highest BCUT2D eigenvalue weighted by molar-refractivity contribution is 7.17. The average molecular weight is 160 g/mol. The van der Waals surface area contributed by atoms with E-state index in [9.17, 15) is 0 Å². The van der Waals surface area contributed by atoms with E-state index in [2.05, 4.69) is 23.1 Å². The average Bonchev–Trinajstić information content (AvgIpc) is 1.87. The van der Waals surface area contributed by atoms with Crippen LogP contribution in [0.4, 0.5) is 0 Å². The van der Waals surface area contributed by atoms with Gasteiger partial charge in [0.2, 0.25) is 0 Å². The fourth-order valence-electron chi connectivity index (χ4n) is 1.07. The van der Waals surface area contributed by atoms with Gasteiger partial charge in [0.05, 0.1) is 0 Å². The summed E-state index contributed by atoms with van der Waals surface area (Å²) in [5.74, 6) is 0. The van der Waals surface area contributed by atoms with E-state index in [1.165, 1.54) is 38.5 Å². The molecule has 1 heteroatoms. The van der Waals surface area contributed by atoms with Crippen molar-refractivity contribution in [2.24, 2.45) is 0 Å². The summed E-state index contributed by atoms with van der Waals surface area (Å²) in [7, 11) is 2.86. The molecule has 0 heterocycles. The van der Waals surface area contributed by atoms with Crippen molar-refractivity contribution in [3.63, 3.8) is 0 Å². The van der Waals surface area contributed by atoms with Crippen molar-refractivity contribution >= 4 is 9.24 Å². The third-order valence-corrected chi connectivity index (χ3v) is 2.10. The Morgan fingerprint density at radius 1 is 1.10 bits per heavy atom. The Morgan fingerprint density at radius 3 is 2.20 bits per heavy atom. The van der Waals surface area contributed by atoms with Crippen molar-refractivity contribution in [2.45, 2.75) is 58.0 Å². The lowest BCUT2D eigenvalue weighted by atomic mass is 10.1. The molecule has 0 aliphatic heterocycles. The summed E-state index contributed by atoms with van der Waals surface area (Å²) >= 11 is 0. The van der Waals surface area contributed by atoms with E-state index in [0.717, 1.165) is 5.66 Å². The molecule has 0 saturated carbocycles. The Labute approximate surface area is 68.0 Å². The number of hydrogen-bond donors (Lipinski definition) is 0. The van der Waals surface area contributed by atoms with Crippen LogP contribution in [0.25, 0.3) is 0 Å². The minimum Gasteiger partial charge on any atom is -0.135 e.